The molecule has 2 rings (SSSR count). The third-order valence-corrected chi connectivity index (χ3v) is 4.97. The van der Waals surface area contributed by atoms with Crippen molar-refractivity contribution in [3.8, 4) is 0 Å². The normalized spacial score (nSPS) is 12.0. The summed E-state index contributed by atoms with van der Waals surface area (Å²) < 4.78 is 37.6. The van der Waals surface area contributed by atoms with E-state index in [2.05, 4.69) is 9.88 Å². The summed E-state index contributed by atoms with van der Waals surface area (Å²) in [6.07, 6.45) is 0. The van der Waals surface area contributed by atoms with Gasteiger partial charge in [-0.25, -0.2) is 13.1 Å². The molecule has 2 N–H and O–H groups in total. The lowest BCUT2D eigenvalue weighted by molar-refractivity contribution is 0.276. The average molecular weight is 314 g/mol. The number of furan rings is 1. The minimum atomic E-state index is -3.80. The molecule has 2 aromatic heterocycles. The number of sulfonamides is 1. The van der Waals surface area contributed by atoms with Crippen LogP contribution in [-0.4, -0.2) is 18.7 Å². The molecule has 0 spiro atoms. The lowest BCUT2D eigenvalue weighted by atomic mass is 10.2. The fraction of sp³-hybridized carbons (Fsp3) is 0.462. The first-order chi connectivity index (χ1) is 9.77. The molecule has 8 heteroatoms. The van der Waals surface area contributed by atoms with E-state index >= 15 is 0 Å². The van der Waals surface area contributed by atoms with Gasteiger partial charge < -0.3 is 14.0 Å². The smallest absolute Gasteiger partial charge is 0.244 e. The lowest BCUT2D eigenvalue weighted by Gasteiger charge is -2.07. The zero-order chi connectivity index (χ0) is 15.8. The second-order valence-corrected chi connectivity index (χ2v) is 6.51. The van der Waals surface area contributed by atoms with E-state index in [9.17, 15) is 13.5 Å². The summed E-state index contributed by atoms with van der Waals surface area (Å²) in [7, 11) is -3.80. The predicted molar refractivity (Wildman–Crippen MR) is 74.1 cm³/mol. The van der Waals surface area contributed by atoms with Gasteiger partial charge in [0, 0.05) is 17.7 Å². The first kappa shape index (κ1) is 15.7. The van der Waals surface area contributed by atoms with Gasteiger partial charge in [-0.1, -0.05) is 5.16 Å². The van der Waals surface area contributed by atoms with Gasteiger partial charge in [0.15, 0.2) is 0 Å². The quantitative estimate of drug-likeness (QED) is 0.865. The van der Waals surface area contributed by atoms with Crippen molar-refractivity contribution in [1.82, 2.24) is 9.88 Å². The number of hydrogen-bond acceptors (Lipinski definition) is 6. The van der Waals surface area contributed by atoms with Crippen LogP contribution in [0.2, 0.25) is 0 Å². The van der Waals surface area contributed by atoms with Crippen LogP contribution in [0, 0.1) is 27.7 Å². The Labute approximate surface area is 123 Å². The van der Waals surface area contributed by atoms with Crippen LogP contribution in [0.4, 0.5) is 0 Å². The first-order valence-electron chi connectivity index (χ1n) is 6.39. The van der Waals surface area contributed by atoms with E-state index in [-0.39, 0.29) is 22.8 Å². The van der Waals surface area contributed by atoms with Gasteiger partial charge in [-0.05, 0) is 27.7 Å². The Morgan fingerprint density at radius 1 is 1.10 bits per heavy atom. The topological polar surface area (TPSA) is 106 Å². The molecule has 0 amide bonds. The Balaban J connectivity index is 2.32. The van der Waals surface area contributed by atoms with Crippen LogP contribution in [-0.2, 0) is 23.2 Å². The molecule has 0 unspecified atom stereocenters. The van der Waals surface area contributed by atoms with Crippen LogP contribution in [0.15, 0.2) is 13.8 Å². The maximum absolute atomic E-state index is 12.4. The fourth-order valence-corrected chi connectivity index (χ4v) is 3.67. The summed E-state index contributed by atoms with van der Waals surface area (Å²) >= 11 is 0. The first-order valence-corrected chi connectivity index (χ1v) is 7.87. The number of rotatable bonds is 5. The van der Waals surface area contributed by atoms with Gasteiger partial charge in [-0.3, -0.25) is 0 Å². The van der Waals surface area contributed by atoms with Gasteiger partial charge in [-0.15, -0.1) is 0 Å². The van der Waals surface area contributed by atoms with E-state index in [4.69, 9.17) is 8.94 Å². The van der Waals surface area contributed by atoms with Gasteiger partial charge in [0.25, 0.3) is 0 Å². The Morgan fingerprint density at radius 2 is 1.76 bits per heavy atom. The Hall–Kier alpha value is -1.64. The van der Waals surface area contributed by atoms with Crippen LogP contribution >= 0.6 is 0 Å². The van der Waals surface area contributed by atoms with E-state index in [1.54, 1.807) is 27.7 Å². The molecule has 0 bridgehead atoms. The van der Waals surface area contributed by atoms with Crippen LogP contribution in [0.3, 0.4) is 0 Å². The van der Waals surface area contributed by atoms with E-state index in [0.29, 0.717) is 22.8 Å². The Bertz CT molecular complexity index is 738. The molecule has 0 aliphatic heterocycles. The van der Waals surface area contributed by atoms with Gasteiger partial charge >= 0.3 is 0 Å². The second-order valence-electron chi connectivity index (χ2n) is 4.81. The number of nitrogens with one attached hydrogen (secondary N) is 1. The van der Waals surface area contributed by atoms with Crippen molar-refractivity contribution in [2.24, 2.45) is 0 Å². The molecular formula is C13H18N2O5S. The molecule has 0 aliphatic rings. The molecule has 0 aromatic carbocycles. The highest BCUT2D eigenvalue weighted by atomic mass is 32.2. The maximum atomic E-state index is 12.4. The van der Waals surface area contributed by atoms with Gasteiger partial charge in [0.2, 0.25) is 10.0 Å². The largest absolute Gasteiger partial charge is 0.465 e. The maximum Gasteiger partial charge on any atom is 0.244 e. The molecule has 7 nitrogen and oxygen atoms in total. The number of nitrogens with zero attached hydrogens (tertiary/aromatic N) is 1. The highest BCUT2D eigenvalue weighted by Crippen LogP contribution is 2.26. The number of aromatic nitrogens is 1. The third-order valence-electron chi connectivity index (χ3n) is 3.37. The summed E-state index contributed by atoms with van der Waals surface area (Å²) in [5.74, 6) is 1.22. The number of aliphatic hydroxyl groups excluding tert-OH is 1. The fourth-order valence-electron chi connectivity index (χ4n) is 2.24. The number of aryl methyl sites for hydroxylation is 4. The summed E-state index contributed by atoms with van der Waals surface area (Å²) in [6.45, 7) is 6.30. The minimum absolute atomic E-state index is 0.00531. The summed E-state index contributed by atoms with van der Waals surface area (Å²) in [5.41, 5.74) is 1.61. The standard InChI is InChI=1S/C13H18N2O5S/c1-7-11(9(3)20-15-7)5-14-21(17,18)13-10(4)19-8(2)12(13)6-16/h14,16H,5-6H2,1-4H3. The highest BCUT2D eigenvalue weighted by Gasteiger charge is 2.26. The second kappa shape index (κ2) is 5.63. The summed E-state index contributed by atoms with van der Waals surface area (Å²) in [6, 6.07) is 0. The zero-order valence-corrected chi connectivity index (χ0v) is 13.2. The van der Waals surface area contributed by atoms with Gasteiger partial charge in [0.1, 0.15) is 22.2 Å². The summed E-state index contributed by atoms with van der Waals surface area (Å²) in [5, 5.41) is 13.1. The monoisotopic (exact) mass is 314 g/mol. The Morgan fingerprint density at radius 3 is 2.29 bits per heavy atom. The van der Waals surface area contributed by atoms with Crippen molar-refractivity contribution >= 4 is 10.0 Å². The molecular weight excluding hydrogens is 296 g/mol. The molecule has 116 valence electrons. The third kappa shape index (κ3) is 2.87. The molecule has 0 atom stereocenters. The molecule has 0 radical (unpaired) electrons. The molecule has 0 saturated heterocycles. The average Bonchev–Trinajstić information content (AvgIpc) is 2.87. The van der Waals surface area contributed by atoms with Gasteiger partial charge in [-0.2, -0.15) is 0 Å². The highest BCUT2D eigenvalue weighted by molar-refractivity contribution is 7.89. The van der Waals surface area contributed by atoms with Crippen molar-refractivity contribution < 1.29 is 22.5 Å². The van der Waals surface area contributed by atoms with Gasteiger partial charge in [0.05, 0.1) is 12.3 Å². The van der Waals surface area contributed by atoms with E-state index in [1.165, 1.54) is 0 Å². The molecule has 0 aliphatic carbocycles. The van der Waals surface area contributed by atoms with Crippen LogP contribution < -0.4 is 4.72 Å². The van der Waals surface area contributed by atoms with E-state index < -0.39 is 16.6 Å². The van der Waals surface area contributed by atoms with Crippen LogP contribution in [0.1, 0.15) is 34.1 Å². The van der Waals surface area contributed by atoms with E-state index in [1.807, 2.05) is 0 Å². The molecule has 2 heterocycles. The van der Waals surface area contributed by atoms with Crippen LogP contribution in [0.5, 0.6) is 0 Å². The minimum Gasteiger partial charge on any atom is -0.465 e. The van der Waals surface area contributed by atoms with Crippen molar-refractivity contribution in [2.45, 2.75) is 45.7 Å². The van der Waals surface area contributed by atoms with Crippen LogP contribution in [0.25, 0.3) is 0 Å². The zero-order valence-electron chi connectivity index (χ0n) is 12.3. The van der Waals surface area contributed by atoms with Crippen molar-refractivity contribution in [1.29, 1.82) is 0 Å². The molecule has 0 saturated carbocycles. The lowest BCUT2D eigenvalue weighted by Crippen LogP contribution is -2.25. The Kier molecular flexibility index (Phi) is 4.22. The molecule has 0 fully saturated rings. The summed E-state index contributed by atoms with van der Waals surface area (Å²) in [4.78, 5) is -0.00531. The van der Waals surface area contributed by atoms with Crippen molar-refractivity contribution in [2.75, 3.05) is 0 Å². The number of aliphatic hydroxyl groups is 1. The SMILES string of the molecule is Cc1noc(C)c1CNS(=O)(=O)c1c(C)oc(C)c1CO. The molecule has 21 heavy (non-hydrogen) atoms. The van der Waals surface area contributed by atoms with Crippen molar-refractivity contribution in [3.63, 3.8) is 0 Å². The van der Waals surface area contributed by atoms with Crippen molar-refractivity contribution in [3.05, 3.63) is 34.1 Å². The molecule has 2 aromatic rings. The van der Waals surface area contributed by atoms with E-state index in [0.717, 1.165) is 0 Å². The number of hydrogen-bond donors (Lipinski definition) is 2. The predicted octanol–water partition coefficient (Wildman–Crippen LogP) is 1.47.